The van der Waals surface area contributed by atoms with Crippen molar-refractivity contribution in [3.63, 3.8) is 0 Å². The Balaban J connectivity index is 2.04. The molecule has 2 atom stereocenters. The van der Waals surface area contributed by atoms with Crippen molar-refractivity contribution in [2.24, 2.45) is 5.92 Å². The molecule has 1 fully saturated rings. The van der Waals surface area contributed by atoms with E-state index < -0.39 is 7.14 Å². The first kappa shape index (κ1) is 11.9. The Morgan fingerprint density at radius 2 is 2.06 bits per heavy atom. The Morgan fingerprint density at radius 1 is 1.31 bits per heavy atom. The van der Waals surface area contributed by atoms with Crippen molar-refractivity contribution < 1.29 is 4.57 Å². The summed E-state index contributed by atoms with van der Waals surface area (Å²) >= 11 is 0. The van der Waals surface area contributed by atoms with Gasteiger partial charge in [0.25, 0.3) is 0 Å². The van der Waals surface area contributed by atoms with Gasteiger partial charge in [-0.2, -0.15) is 0 Å². The van der Waals surface area contributed by atoms with Gasteiger partial charge in [-0.25, -0.2) is 0 Å². The molecular formula is C14H21OP. The summed E-state index contributed by atoms with van der Waals surface area (Å²) in [5.41, 5.74) is 0. The predicted octanol–water partition coefficient (Wildman–Crippen LogP) is 3.89. The molecule has 1 aliphatic rings. The van der Waals surface area contributed by atoms with Gasteiger partial charge >= 0.3 is 0 Å². The predicted molar refractivity (Wildman–Crippen MR) is 71.0 cm³/mol. The SMILES string of the molecule is CCCCC1CCP(=O)(c2ccccc2)C1. The number of hydrogen-bond donors (Lipinski definition) is 0. The van der Waals surface area contributed by atoms with Gasteiger partial charge in [-0.1, -0.05) is 50.1 Å². The number of hydrogen-bond acceptors (Lipinski definition) is 1. The van der Waals surface area contributed by atoms with Crippen molar-refractivity contribution in [1.29, 1.82) is 0 Å². The zero-order valence-corrected chi connectivity index (χ0v) is 11.0. The number of unbranched alkanes of at least 4 members (excludes halogenated alkanes) is 1. The molecule has 0 aliphatic carbocycles. The van der Waals surface area contributed by atoms with Crippen LogP contribution in [0.1, 0.15) is 32.6 Å². The minimum Gasteiger partial charge on any atom is -0.319 e. The van der Waals surface area contributed by atoms with Crippen LogP contribution in [-0.2, 0) is 4.57 Å². The molecule has 0 N–H and O–H groups in total. The molecule has 1 nitrogen and oxygen atoms in total. The van der Waals surface area contributed by atoms with Gasteiger partial charge in [0.15, 0.2) is 0 Å². The minimum atomic E-state index is -2.02. The van der Waals surface area contributed by atoms with Gasteiger partial charge in [0.1, 0.15) is 7.14 Å². The van der Waals surface area contributed by atoms with Crippen LogP contribution in [0.15, 0.2) is 30.3 Å². The van der Waals surface area contributed by atoms with E-state index in [0.717, 1.165) is 17.6 Å². The van der Waals surface area contributed by atoms with Crippen LogP contribution in [0, 0.1) is 5.92 Å². The van der Waals surface area contributed by atoms with Crippen LogP contribution in [0.25, 0.3) is 0 Å². The fraction of sp³-hybridized carbons (Fsp3) is 0.571. The third-order valence-corrected chi connectivity index (χ3v) is 6.97. The summed E-state index contributed by atoms with van der Waals surface area (Å²) in [4.78, 5) is 0. The molecular weight excluding hydrogens is 215 g/mol. The average molecular weight is 236 g/mol. The maximum atomic E-state index is 12.8. The highest BCUT2D eigenvalue weighted by molar-refractivity contribution is 7.71. The summed E-state index contributed by atoms with van der Waals surface area (Å²) in [6, 6.07) is 10.1. The Labute approximate surface area is 98.6 Å². The lowest BCUT2D eigenvalue weighted by molar-refractivity contribution is 0.515. The van der Waals surface area contributed by atoms with E-state index >= 15 is 0 Å². The monoisotopic (exact) mass is 236 g/mol. The van der Waals surface area contributed by atoms with Crippen LogP contribution in [0.3, 0.4) is 0 Å². The molecule has 1 aromatic carbocycles. The summed E-state index contributed by atoms with van der Waals surface area (Å²) in [7, 11) is -2.02. The summed E-state index contributed by atoms with van der Waals surface area (Å²) < 4.78 is 12.8. The minimum absolute atomic E-state index is 0.714. The Hall–Kier alpha value is -0.550. The molecule has 0 saturated carbocycles. The van der Waals surface area contributed by atoms with Crippen molar-refractivity contribution in [3.05, 3.63) is 30.3 Å². The third-order valence-electron chi connectivity index (χ3n) is 3.64. The fourth-order valence-electron chi connectivity index (χ4n) is 2.65. The second kappa shape index (κ2) is 5.19. The highest BCUT2D eigenvalue weighted by Gasteiger charge is 2.34. The zero-order valence-electron chi connectivity index (χ0n) is 10.1. The Kier molecular flexibility index (Phi) is 3.86. The molecule has 2 unspecified atom stereocenters. The lowest BCUT2D eigenvalue weighted by Crippen LogP contribution is -2.06. The zero-order chi connectivity index (χ0) is 11.4. The van der Waals surface area contributed by atoms with E-state index in [1.54, 1.807) is 0 Å². The van der Waals surface area contributed by atoms with Gasteiger partial charge in [-0.15, -0.1) is 0 Å². The van der Waals surface area contributed by atoms with Crippen molar-refractivity contribution in [1.82, 2.24) is 0 Å². The van der Waals surface area contributed by atoms with E-state index in [9.17, 15) is 4.57 Å². The van der Waals surface area contributed by atoms with Gasteiger partial charge in [0, 0.05) is 17.6 Å². The van der Waals surface area contributed by atoms with Crippen LogP contribution in [0.5, 0.6) is 0 Å². The molecule has 0 amide bonds. The standard InChI is InChI=1S/C14H21OP/c1-2-3-7-13-10-11-16(15,12-13)14-8-5-4-6-9-14/h4-6,8-9,13H,2-3,7,10-12H2,1H3. The highest BCUT2D eigenvalue weighted by atomic mass is 31.2. The Morgan fingerprint density at radius 3 is 2.75 bits per heavy atom. The summed E-state index contributed by atoms with van der Waals surface area (Å²) in [5, 5.41) is 1.11. The largest absolute Gasteiger partial charge is 0.319 e. The molecule has 0 radical (unpaired) electrons. The van der Waals surface area contributed by atoms with E-state index in [1.807, 2.05) is 30.3 Å². The van der Waals surface area contributed by atoms with Crippen LogP contribution >= 0.6 is 7.14 Å². The van der Waals surface area contributed by atoms with E-state index in [-0.39, 0.29) is 0 Å². The normalized spacial score (nSPS) is 29.4. The quantitative estimate of drug-likeness (QED) is 0.725. The van der Waals surface area contributed by atoms with Crippen molar-refractivity contribution >= 4 is 12.4 Å². The number of rotatable bonds is 4. The maximum Gasteiger partial charge on any atom is 0.115 e. The van der Waals surface area contributed by atoms with Crippen molar-refractivity contribution in [3.8, 4) is 0 Å². The molecule has 0 bridgehead atoms. The summed E-state index contributed by atoms with van der Waals surface area (Å²) in [5.74, 6) is 0.714. The summed E-state index contributed by atoms with van der Waals surface area (Å²) in [6.07, 6.45) is 6.88. The van der Waals surface area contributed by atoms with E-state index in [4.69, 9.17) is 0 Å². The van der Waals surface area contributed by atoms with Crippen molar-refractivity contribution in [2.45, 2.75) is 32.6 Å². The average Bonchev–Trinajstić information content (AvgIpc) is 2.71. The lowest BCUT2D eigenvalue weighted by atomic mass is 10.0. The van der Waals surface area contributed by atoms with Gasteiger partial charge in [-0.3, -0.25) is 0 Å². The van der Waals surface area contributed by atoms with E-state index in [0.29, 0.717) is 5.92 Å². The van der Waals surface area contributed by atoms with E-state index in [1.165, 1.54) is 25.7 Å². The van der Waals surface area contributed by atoms with Crippen LogP contribution in [0.4, 0.5) is 0 Å². The van der Waals surface area contributed by atoms with Crippen LogP contribution in [0.2, 0.25) is 0 Å². The van der Waals surface area contributed by atoms with Crippen LogP contribution < -0.4 is 5.30 Å². The van der Waals surface area contributed by atoms with Gasteiger partial charge < -0.3 is 4.57 Å². The third kappa shape index (κ3) is 2.58. The summed E-state index contributed by atoms with van der Waals surface area (Å²) in [6.45, 7) is 2.23. The maximum absolute atomic E-state index is 12.8. The molecule has 1 aliphatic heterocycles. The molecule has 0 spiro atoms. The van der Waals surface area contributed by atoms with Gasteiger partial charge in [-0.05, 0) is 18.8 Å². The highest BCUT2D eigenvalue weighted by Crippen LogP contribution is 2.54. The smallest absolute Gasteiger partial charge is 0.115 e. The first-order valence-electron chi connectivity index (χ1n) is 6.38. The molecule has 88 valence electrons. The molecule has 2 rings (SSSR count). The molecule has 1 saturated heterocycles. The first-order chi connectivity index (χ1) is 7.74. The topological polar surface area (TPSA) is 17.1 Å². The van der Waals surface area contributed by atoms with Gasteiger partial charge in [0.2, 0.25) is 0 Å². The second-order valence-electron chi connectivity index (χ2n) is 4.93. The first-order valence-corrected chi connectivity index (χ1v) is 8.46. The van der Waals surface area contributed by atoms with Gasteiger partial charge in [0.05, 0.1) is 0 Å². The fourth-order valence-corrected chi connectivity index (χ4v) is 6.00. The lowest BCUT2D eigenvalue weighted by Gasteiger charge is -2.12. The van der Waals surface area contributed by atoms with Crippen LogP contribution in [-0.4, -0.2) is 12.3 Å². The molecule has 0 aromatic heterocycles. The van der Waals surface area contributed by atoms with Crippen molar-refractivity contribution in [2.75, 3.05) is 12.3 Å². The molecule has 2 heteroatoms. The molecule has 1 aromatic rings. The Bertz CT molecular complexity index is 372. The molecule has 1 heterocycles. The molecule has 16 heavy (non-hydrogen) atoms. The second-order valence-corrected chi connectivity index (χ2v) is 8.04. The van der Waals surface area contributed by atoms with E-state index in [2.05, 4.69) is 6.92 Å². The number of benzene rings is 1.